The molecule has 1 N–H and O–H groups in total. The molecule has 0 amide bonds. The molecule has 3 nitrogen and oxygen atoms in total. The first-order valence-electron chi connectivity index (χ1n) is 5.41. The van der Waals surface area contributed by atoms with Crippen molar-refractivity contribution in [2.45, 2.75) is 25.4 Å². The maximum absolute atomic E-state index is 9.25. The van der Waals surface area contributed by atoms with Gasteiger partial charge in [0.15, 0.2) is 5.06 Å². The van der Waals surface area contributed by atoms with E-state index in [1.807, 2.05) is 0 Å². The topological polar surface area (TPSA) is 32.7 Å². The summed E-state index contributed by atoms with van der Waals surface area (Å²) in [5.74, 6) is 0. The fraction of sp³-hybridized carbons (Fsp3) is 0.636. The normalized spacial score (nSPS) is 21.6. The molecule has 0 unspecified atom stereocenters. The van der Waals surface area contributed by atoms with E-state index in [1.54, 1.807) is 18.4 Å². The van der Waals surface area contributed by atoms with Crippen LogP contribution in [0.25, 0.3) is 0 Å². The minimum Gasteiger partial charge on any atom is -0.486 e. The molecule has 0 aromatic carbocycles. The molecule has 2 rings (SSSR count). The molecule has 1 aliphatic rings. The van der Waals surface area contributed by atoms with E-state index in [9.17, 15) is 5.11 Å². The second-order valence-electron chi connectivity index (χ2n) is 4.00. The van der Waals surface area contributed by atoms with Gasteiger partial charge in [-0.1, -0.05) is 0 Å². The molecule has 5 heteroatoms. The largest absolute Gasteiger partial charge is 0.486 e. The highest BCUT2D eigenvalue weighted by Crippen LogP contribution is 2.36. The monoisotopic (exact) mass is 305 g/mol. The van der Waals surface area contributed by atoms with Gasteiger partial charge in [0, 0.05) is 17.5 Å². The van der Waals surface area contributed by atoms with E-state index >= 15 is 0 Å². The van der Waals surface area contributed by atoms with Crippen LogP contribution in [0.2, 0.25) is 0 Å². The van der Waals surface area contributed by atoms with Gasteiger partial charge in [-0.2, -0.15) is 0 Å². The van der Waals surface area contributed by atoms with Crippen molar-refractivity contribution < 1.29 is 9.84 Å². The molecule has 0 bridgehead atoms. The summed E-state index contributed by atoms with van der Waals surface area (Å²) in [5.41, 5.74) is 0. The fourth-order valence-corrected chi connectivity index (χ4v) is 3.84. The molecule has 1 fully saturated rings. The maximum atomic E-state index is 9.25. The molecule has 1 aromatic heterocycles. The first kappa shape index (κ1) is 12.4. The molecule has 1 atom stereocenters. The number of hydrogen-bond donors (Lipinski definition) is 1. The first-order chi connectivity index (χ1) is 7.74. The van der Waals surface area contributed by atoms with Gasteiger partial charge >= 0.3 is 0 Å². The number of likely N-dealkylation sites (tertiary alicyclic amines) is 1. The van der Waals surface area contributed by atoms with Gasteiger partial charge in [-0.3, -0.25) is 4.90 Å². The Morgan fingerprint density at radius 1 is 1.69 bits per heavy atom. The highest BCUT2D eigenvalue weighted by Gasteiger charge is 2.24. The van der Waals surface area contributed by atoms with Gasteiger partial charge in [0.1, 0.15) is 0 Å². The van der Waals surface area contributed by atoms with E-state index in [4.69, 9.17) is 4.74 Å². The van der Waals surface area contributed by atoms with Crippen LogP contribution in [-0.4, -0.2) is 36.3 Å². The van der Waals surface area contributed by atoms with Gasteiger partial charge in [0.25, 0.3) is 0 Å². The average Bonchev–Trinajstić information content (AvgIpc) is 2.85. The van der Waals surface area contributed by atoms with Crippen molar-refractivity contribution in [1.82, 2.24) is 4.90 Å². The number of nitrogens with zero attached hydrogens (tertiary/aromatic N) is 1. The standard InChI is InChI=1S/C11H16BrNO2S/c1-15-11-10(12)5-9(16-11)6-13-4-2-3-8(13)7-14/h5,8,14H,2-4,6-7H2,1H3/t8-/m1/s1. The summed E-state index contributed by atoms with van der Waals surface area (Å²) in [6.45, 7) is 2.27. The van der Waals surface area contributed by atoms with Crippen LogP contribution in [0.4, 0.5) is 0 Å². The van der Waals surface area contributed by atoms with Crippen molar-refractivity contribution in [2.75, 3.05) is 20.3 Å². The lowest BCUT2D eigenvalue weighted by atomic mass is 10.2. The van der Waals surface area contributed by atoms with E-state index in [2.05, 4.69) is 26.9 Å². The number of aliphatic hydroxyl groups is 1. The quantitative estimate of drug-likeness (QED) is 0.927. The van der Waals surface area contributed by atoms with Gasteiger partial charge in [-0.15, -0.1) is 11.3 Å². The summed E-state index contributed by atoms with van der Waals surface area (Å²) < 4.78 is 6.27. The van der Waals surface area contributed by atoms with Crippen molar-refractivity contribution in [3.63, 3.8) is 0 Å². The molecule has 0 spiro atoms. The lowest BCUT2D eigenvalue weighted by molar-refractivity contribution is 0.154. The van der Waals surface area contributed by atoms with Gasteiger partial charge in [0.2, 0.25) is 0 Å². The van der Waals surface area contributed by atoms with Crippen LogP contribution >= 0.6 is 27.3 Å². The van der Waals surface area contributed by atoms with E-state index in [-0.39, 0.29) is 6.61 Å². The summed E-state index contributed by atoms with van der Waals surface area (Å²) in [5, 5.41) is 10.2. The van der Waals surface area contributed by atoms with E-state index in [1.165, 1.54) is 11.3 Å². The number of rotatable bonds is 4. The van der Waals surface area contributed by atoms with Crippen molar-refractivity contribution in [3.05, 3.63) is 15.4 Å². The maximum Gasteiger partial charge on any atom is 0.188 e. The minimum atomic E-state index is 0.268. The molecular weight excluding hydrogens is 290 g/mol. The number of ether oxygens (including phenoxy) is 1. The molecule has 0 radical (unpaired) electrons. The van der Waals surface area contributed by atoms with Gasteiger partial charge in [-0.05, 0) is 41.4 Å². The van der Waals surface area contributed by atoms with Gasteiger partial charge in [-0.25, -0.2) is 0 Å². The van der Waals surface area contributed by atoms with Crippen molar-refractivity contribution in [2.24, 2.45) is 0 Å². The predicted molar refractivity (Wildman–Crippen MR) is 69.1 cm³/mol. The Kier molecular flexibility index (Phi) is 4.24. The number of halogens is 1. The van der Waals surface area contributed by atoms with Crippen LogP contribution < -0.4 is 4.74 Å². The van der Waals surface area contributed by atoms with Crippen LogP contribution in [0.15, 0.2) is 10.5 Å². The van der Waals surface area contributed by atoms with Crippen LogP contribution in [0, 0.1) is 0 Å². The Morgan fingerprint density at radius 2 is 2.50 bits per heavy atom. The zero-order valence-electron chi connectivity index (χ0n) is 9.28. The van der Waals surface area contributed by atoms with Gasteiger partial charge in [0.05, 0.1) is 18.2 Å². The molecule has 1 aliphatic heterocycles. The second kappa shape index (κ2) is 5.49. The van der Waals surface area contributed by atoms with Crippen molar-refractivity contribution in [1.29, 1.82) is 0 Å². The predicted octanol–water partition coefficient (Wildman–Crippen LogP) is 2.48. The Hall–Kier alpha value is -0.100. The SMILES string of the molecule is COc1sc(CN2CCC[C@@H]2CO)cc1Br. The third-order valence-electron chi connectivity index (χ3n) is 2.96. The molecule has 16 heavy (non-hydrogen) atoms. The summed E-state index contributed by atoms with van der Waals surface area (Å²) in [4.78, 5) is 3.63. The van der Waals surface area contributed by atoms with Gasteiger partial charge < -0.3 is 9.84 Å². The molecule has 1 saturated heterocycles. The number of aliphatic hydroxyl groups excluding tert-OH is 1. The molecule has 0 saturated carbocycles. The Bertz CT molecular complexity index is 356. The van der Waals surface area contributed by atoms with Crippen LogP contribution in [-0.2, 0) is 6.54 Å². The van der Waals surface area contributed by atoms with Crippen molar-refractivity contribution >= 4 is 27.3 Å². The lowest BCUT2D eigenvalue weighted by Crippen LogP contribution is -2.31. The summed E-state index contributed by atoms with van der Waals surface area (Å²) in [6.07, 6.45) is 2.30. The fourth-order valence-electron chi connectivity index (χ4n) is 2.12. The Balaban J connectivity index is 2.02. The van der Waals surface area contributed by atoms with Crippen LogP contribution in [0.3, 0.4) is 0 Å². The van der Waals surface area contributed by atoms with Crippen LogP contribution in [0.1, 0.15) is 17.7 Å². The smallest absolute Gasteiger partial charge is 0.188 e. The zero-order chi connectivity index (χ0) is 11.5. The number of thiophene rings is 1. The molecule has 2 heterocycles. The average molecular weight is 306 g/mol. The third kappa shape index (κ3) is 2.59. The molecule has 1 aromatic rings. The van der Waals surface area contributed by atoms with E-state index in [0.717, 1.165) is 29.0 Å². The summed E-state index contributed by atoms with van der Waals surface area (Å²) in [7, 11) is 1.69. The Labute approximate surface area is 108 Å². The summed E-state index contributed by atoms with van der Waals surface area (Å²) >= 11 is 5.14. The third-order valence-corrected chi connectivity index (χ3v) is 4.89. The summed E-state index contributed by atoms with van der Waals surface area (Å²) in [6, 6.07) is 2.45. The zero-order valence-corrected chi connectivity index (χ0v) is 11.7. The van der Waals surface area contributed by atoms with Crippen molar-refractivity contribution in [3.8, 4) is 5.06 Å². The van der Waals surface area contributed by atoms with E-state index < -0.39 is 0 Å². The Morgan fingerprint density at radius 3 is 3.12 bits per heavy atom. The first-order valence-corrected chi connectivity index (χ1v) is 7.02. The number of hydrogen-bond acceptors (Lipinski definition) is 4. The highest BCUT2D eigenvalue weighted by atomic mass is 79.9. The van der Waals surface area contributed by atoms with E-state index in [0.29, 0.717) is 6.04 Å². The molecule has 0 aliphatic carbocycles. The second-order valence-corrected chi connectivity index (χ2v) is 5.95. The van der Waals surface area contributed by atoms with Crippen LogP contribution in [0.5, 0.6) is 5.06 Å². The molecular formula is C11H16BrNO2S. The lowest BCUT2D eigenvalue weighted by Gasteiger charge is -2.21. The highest BCUT2D eigenvalue weighted by molar-refractivity contribution is 9.10. The molecule has 90 valence electrons. The number of methoxy groups -OCH3 is 1. The minimum absolute atomic E-state index is 0.268.